The van der Waals surface area contributed by atoms with Crippen LogP contribution >= 0.6 is 0 Å². The Kier molecular flexibility index (Phi) is 3.41. The van der Waals surface area contributed by atoms with Crippen molar-refractivity contribution in [2.24, 2.45) is 0 Å². The molecule has 1 saturated heterocycles. The molecule has 1 atom stereocenters. The molecule has 25 heavy (non-hydrogen) atoms. The van der Waals surface area contributed by atoms with Crippen LogP contribution in [0.1, 0.15) is 24.0 Å². The third-order valence-corrected chi connectivity index (χ3v) is 4.65. The van der Waals surface area contributed by atoms with Crippen molar-refractivity contribution >= 4 is 11.0 Å². The van der Waals surface area contributed by atoms with Gasteiger partial charge in [0.2, 0.25) is 5.89 Å². The first kappa shape index (κ1) is 14.5. The van der Waals surface area contributed by atoms with Crippen molar-refractivity contribution in [1.82, 2.24) is 15.1 Å². The van der Waals surface area contributed by atoms with Crippen LogP contribution in [-0.4, -0.2) is 28.2 Å². The molecule has 0 spiro atoms. The monoisotopic (exact) mass is 335 g/mol. The van der Waals surface area contributed by atoms with E-state index in [2.05, 4.69) is 27.2 Å². The minimum atomic E-state index is 0.251. The maximum absolute atomic E-state index is 5.92. The molecule has 1 aliphatic rings. The fraction of sp³-hybridized carbons (Fsp3) is 0.263. The first-order valence-electron chi connectivity index (χ1n) is 8.42. The summed E-state index contributed by atoms with van der Waals surface area (Å²) in [6, 6.07) is 13.8. The number of hydrogen-bond acceptors (Lipinski definition) is 6. The van der Waals surface area contributed by atoms with Gasteiger partial charge in [0.05, 0.1) is 18.7 Å². The molecule has 4 aromatic rings. The van der Waals surface area contributed by atoms with Gasteiger partial charge in [0, 0.05) is 11.9 Å². The average molecular weight is 335 g/mol. The summed E-state index contributed by atoms with van der Waals surface area (Å²) < 4.78 is 17.0. The fourth-order valence-corrected chi connectivity index (χ4v) is 3.41. The van der Waals surface area contributed by atoms with E-state index in [1.807, 2.05) is 30.3 Å². The number of likely N-dealkylation sites (tertiary alicyclic amines) is 1. The molecule has 0 radical (unpaired) electrons. The molecule has 0 aliphatic carbocycles. The topological polar surface area (TPSA) is 68.4 Å². The molecule has 0 saturated carbocycles. The van der Waals surface area contributed by atoms with E-state index < -0.39 is 0 Å². The zero-order valence-electron chi connectivity index (χ0n) is 13.6. The van der Waals surface area contributed by atoms with Gasteiger partial charge in [0.15, 0.2) is 5.76 Å². The third kappa shape index (κ3) is 2.74. The normalized spacial score (nSPS) is 18.3. The van der Waals surface area contributed by atoms with Crippen LogP contribution in [0, 0.1) is 0 Å². The lowest BCUT2D eigenvalue weighted by molar-refractivity contribution is 0.293. The maximum Gasteiger partial charge on any atom is 0.283 e. The summed E-state index contributed by atoms with van der Waals surface area (Å²) in [6.45, 7) is 2.67. The average Bonchev–Trinajstić information content (AvgIpc) is 3.39. The van der Waals surface area contributed by atoms with Crippen LogP contribution in [0.3, 0.4) is 0 Å². The van der Waals surface area contributed by atoms with Gasteiger partial charge in [-0.05, 0) is 37.2 Å². The molecule has 0 unspecified atom stereocenters. The third-order valence-electron chi connectivity index (χ3n) is 4.65. The van der Waals surface area contributed by atoms with E-state index in [0.29, 0.717) is 17.5 Å². The Morgan fingerprint density at radius 1 is 1.08 bits per heavy atom. The summed E-state index contributed by atoms with van der Waals surface area (Å²) in [7, 11) is 0. The van der Waals surface area contributed by atoms with Crippen molar-refractivity contribution < 1.29 is 13.3 Å². The number of hydrogen-bond donors (Lipinski definition) is 0. The van der Waals surface area contributed by atoms with E-state index in [4.69, 9.17) is 13.3 Å². The summed E-state index contributed by atoms with van der Waals surface area (Å²) >= 11 is 0. The van der Waals surface area contributed by atoms with Crippen molar-refractivity contribution in [3.8, 4) is 11.7 Å². The fourth-order valence-electron chi connectivity index (χ4n) is 3.41. The quantitative estimate of drug-likeness (QED) is 0.560. The molecule has 4 heterocycles. The lowest BCUT2D eigenvalue weighted by Crippen LogP contribution is -2.19. The van der Waals surface area contributed by atoms with Crippen molar-refractivity contribution in [3.63, 3.8) is 0 Å². The Morgan fingerprint density at radius 3 is 2.92 bits per heavy atom. The van der Waals surface area contributed by atoms with Crippen molar-refractivity contribution in [1.29, 1.82) is 0 Å². The van der Waals surface area contributed by atoms with Gasteiger partial charge < -0.3 is 13.3 Å². The predicted molar refractivity (Wildman–Crippen MR) is 90.8 cm³/mol. The van der Waals surface area contributed by atoms with Crippen LogP contribution < -0.4 is 0 Å². The predicted octanol–water partition coefficient (Wildman–Crippen LogP) is 4.07. The number of aromatic nitrogens is 2. The van der Waals surface area contributed by atoms with E-state index in [1.165, 1.54) is 0 Å². The standard InChI is InChI=1S/C19H17N3O3/c1-2-5-16-13(4-1)10-15(24-16)12-22-8-7-14(11-22)18-20-21-19(25-18)17-6-3-9-23-17/h1-6,9-10,14H,7-8,11-12H2/t14-/m0/s1. The Balaban J connectivity index is 1.28. The molecule has 3 aromatic heterocycles. The van der Waals surface area contributed by atoms with Crippen LogP contribution in [-0.2, 0) is 6.54 Å². The summed E-state index contributed by atoms with van der Waals surface area (Å²) in [5.41, 5.74) is 0.938. The van der Waals surface area contributed by atoms with Crippen molar-refractivity contribution in [2.75, 3.05) is 13.1 Å². The van der Waals surface area contributed by atoms with Crippen LogP contribution in [0.2, 0.25) is 0 Å². The SMILES string of the molecule is c1coc(-c2nnc([C@H]3CCN(Cc4cc5ccccc5o4)C3)o2)c1. The molecule has 1 aliphatic heterocycles. The highest BCUT2D eigenvalue weighted by Crippen LogP contribution is 2.30. The van der Waals surface area contributed by atoms with Gasteiger partial charge >= 0.3 is 0 Å². The van der Waals surface area contributed by atoms with E-state index in [1.54, 1.807) is 6.26 Å². The molecule has 6 nitrogen and oxygen atoms in total. The molecule has 1 aromatic carbocycles. The van der Waals surface area contributed by atoms with Gasteiger partial charge in [0.1, 0.15) is 11.3 Å². The Hall–Kier alpha value is -2.86. The molecule has 0 bridgehead atoms. The largest absolute Gasteiger partial charge is 0.460 e. The van der Waals surface area contributed by atoms with Gasteiger partial charge in [-0.25, -0.2) is 0 Å². The highest BCUT2D eigenvalue weighted by atomic mass is 16.4. The first-order valence-corrected chi connectivity index (χ1v) is 8.42. The van der Waals surface area contributed by atoms with Crippen LogP contribution in [0.4, 0.5) is 0 Å². The summed E-state index contributed by atoms with van der Waals surface area (Å²) in [5.74, 6) is 2.97. The van der Waals surface area contributed by atoms with Crippen molar-refractivity contribution in [3.05, 3.63) is 60.4 Å². The highest BCUT2D eigenvalue weighted by Gasteiger charge is 2.29. The second kappa shape index (κ2) is 5.89. The van der Waals surface area contributed by atoms with Crippen molar-refractivity contribution in [2.45, 2.75) is 18.9 Å². The van der Waals surface area contributed by atoms with E-state index in [0.717, 1.165) is 42.8 Å². The van der Waals surface area contributed by atoms with E-state index in [-0.39, 0.29) is 5.92 Å². The molecular formula is C19H17N3O3. The highest BCUT2D eigenvalue weighted by molar-refractivity contribution is 5.77. The van der Waals surface area contributed by atoms with Gasteiger partial charge in [-0.15, -0.1) is 10.2 Å². The van der Waals surface area contributed by atoms with Gasteiger partial charge in [-0.2, -0.15) is 0 Å². The Labute approximate surface area is 144 Å². The molecule has 6 heteroatoms. The summed E-state index contributed by atoms with van der Waals surface area (Å²) in [6.07, 6.45) is 2.60. The number of para-hydroxylation sites is 1. The zero-order chi connectivity index (χ0) is 16.6. The summed E-state index contributed by atoms with van der Waals surface area (Å²) in [5, 5.41) is 9.44. The van der Waals surface area contributed by atoms with E-state index >= 15 is 0 Å². The number of nitrogens with zero attached hydrogens (tertiary/aromatic N) is 3. The number of benzene rings is 1. The number of furan rings is 2. The lowest BCUT2D eigenvalue weighted by atomic mass is 10.1. The van der Waals surface area contributed by atoms with Crippen LogP contribution in [0.25, 0.3) is 22.6 Å². The molecule has 1 fully saturated rings. The molecule has 0 amide bonds. The molecular weight excluding hydrogens is 318 g/mol. The second-order valence-corrected chi connectivity index (χ2v) is 6.39. The van der Waals surface area contributed by atoms with Gasteiger partial charge in [-0.1, -0.05) is 18.2 Å². The van der Waals surface area contributed by atoms with Gasteiger partial charge in [-0.3, -0.25) is 4.90 Å². The smallest absolute Gasteiger partial charge is 0.283 e. The first-order chi connectivity index (χ1) is 12.3. The Morgan fingerprint density at radius 2 is 2.04 bits per heavy atom. The summed E-state index contributed by atoms with van der Waals surface area (Å²) in [4.78, 5) is 2.36. The van der Waals surface area contributed by atoms with Crippen LogP contribution in [0.15, 0.2) is 62.0 Å². The second-order valence-electron chi connectivity index (χ2n) is 6.39. The maximum atomic E-state index is 5.92. The van der Waals surface area contributed by atoms with Gasteiger partial charge in [0.25, 0.3) is 5.89 Å². The number of fused-ring (bicyclic) bond motifs is 1. The molecule has 126 valence electrons. The minimum Gasteiger partial charge on any atom is -0.460 e. The van der Waals surface area contributed by atoms with E-state index in [9.17, 15) is 0 Å². The number of rotatable bonds is 4. The molecule has 5 rings (SSSR count). The lowest BCUT2D eigenvalue weighted by Gasteiger charge is -2.12. The zero-order valence-corrected chi connectivity index (χ0v) is 13.6. The van der Waals surface area contributed by atoms with Crippen LogP contribution in [0.5, 0.6) is 0 Å². The Bertz CT molecular complexity index is 953. The minimum absolute atomic E-state index is 0.251. The molecule has 0 N–H and O–H groups in total.